The number of nitrogens with one attached hydrogen (secondary N) is 2. The first-order chi connectivity index (χ1) is 17.4. The van der Waals surface area contributed by atoms with Crippen LogP contribution in [0, 0.1) is 5.92 Å². The van der Waals surface area contributed by atoms with Crippen molar-refractivity contribution in [2.24, 2.45) is 5.92 Å². The zero-order valence-corrected chi connectivity index (χ0v) is 23.7. The number of thiophene rings is 1. The van der Waals surface area contributed by atoms with Gasteiger partial charge in [0, 0.05) is 29.9 Å². The Morgan fingerprint density at radius 3 is 2.46 bits per heavy atom. The highest BCUT2D eigenvalue weighted by atomic mass is 35.5. The molecule has 0 bridgehead atoms. The molecule has 2 amide bonds. The lowest BCUT2D eigenvalue weighted by atomic mass is 10.0. The summed E-state index contributed by atoms with van der Waals surface area (Å²) in [5, 5.41) is 17.1. The number of rotatable bonds is 11. The fraction of sp³-hybridized carbons (Fsp3) is 0.360. The van der Waals surface area contributed by atoms with Crippen LogP contribution in [0.1, 0.15) is 29.9 Å². The number of amides is 2. The molecule has 1 heterocycles. The first-order valence-electron chi connectivity index (χ1n) is 11.5. The largest absolute Gasteiger partial charge is 0.390 e. The number of benzene rings is 2. The maximum absolute atomic E-state index is 12.9. The van der Waals surface area contributed by atoms with Crippen molar-refractivity contribution in [2.75, 3.05) is 20.1 Å². The summed E-state index contributed by atoms with van der Waals surface area (Å²) in [4.78, 5) is 26.1. The van der Waals surface area contributed by atoms with Crippen LogP contribution in [-0.2, 0) is 14.8 Å². The number of fused-ring (bicyclic) bond motifs is 1. The molecule has 0 saturated carbocycles. The summed E-state index contributed by atoms with van der Waals surface area (Å²) in [6.45, 7) is 3.37. The zero-order valence-electron chi connectivity index (χ0n) is 20.6. The van der Waals surface area contributed by atoms with Gasteiger partial charge in [-0.3, -0.25) is 9.59 Å². The van der Waals surface area contributed by atoms with E-state index in [1.807, 2.05) is 38.1 Å². The van der Waals surface area contributed by atoms with E-state index in [0.717, 1.165) is 14.4 Å². The number of aliphatic hydroxyl groups is 1. The summed E-state index contributed by atoms with van der Waals surface area (Å²) in [6, 6.07) is 12.6. The standard InChI is InChI=1S/C25H29Cl2N3O5S2/c1-15(2)10-20(29-25(33)22-11-16-6-4-5-7-21(16)36-22)24(32)28-13-18(31)14-30(3)37(34,35)23-9-8-17(26)12-19(23)27/h4-9,11-12,15,18,20,31H,10,13-14H2,1-3H3,(H,28,32)(H,29,33)/t18-,20+/m1/s1. The van der Waals surface area contributed by atoms with Crippen LogP contribution in [-0.4, -0.2) is 61.9 Å². The van der Waals surface area contributed by atoms with E-state index in [4.69, 9.17) is 23.2 Å². The molecular weight excluding hydrogens is 557 g/mol. The van der Waals surface area contributed by atoms with Gasteiger partial charge in [-0.05, 0) is 48.1 Å². The summed E-state index contributed by atoms with van der Waals surface area (Å²) in [5.41, 5.74) is 0. The molecule has 2 aromatic carbocycles. The van der Waals surface area contributed by atoms with Crippen molar-refractivity contribution in [3.05, 3.63) is 63.5 Å². The molecule has 2 atom stereocenters. The topological polar surface area (TPSA) is 116 Å². The normalized spacial score (nSPS) is 13.6. The van der Waals surface area contributed by atoms with Crippen molar-refractivity contribution in [1.82, 2.24) is 14.9 Å². The van der Waals surface area contributed by atoms with E-state index in [0.29, 0.717) is 16.3 Å². The van der Waals surface area contributed by atoms with Crippen LogP contribution in [0.3, 0.4) is 0 Å². The van der Waals surface area contributed by atoms with Gasteiger partial charge in [-0.2, -0.15) is 4.31 Å². The quantitative estimate of drug-likeness (QED) is 0.312. The maximum atomic E-state index is 12.9. The molecule has 0 saturated heterocycles. The summed E-state index contributed by atoms with van der Waals surface area (Å²) in [7, 11) is -2.69. The van der Waals surface area contributed by atoms with E-state index < -0.39 is 28.1 Å². The Kier molecular flexibility index (Phi) is 9.96. The van der Waals surface area contributed by atoms with Gasteiger partial charge in [-0.1, -0.05) is 55.2 Å². The van der Waals surface area contributed by atoms with Crippen LogP contribution in [0.5, 0.6) is 0 Å². The molecule has 3 aromatic rings. The Bertz CT molecular complexity index is 1340. The second-order valence-corrected chi connectivity index (χ2v) is 13.0. The molecule has 3 rings (SSSR count). The lowest BCUT2D eigenvalue weighted by Crippen LogP contribution is -2.50. The molecule has 200 valence electrons. The van der Waals surface area contributed by atoms with E-state index in [2.05, 4.69) is 10.6 Å². The third-order valence-electron chi connectivity index (χ3n) is 5.54. The number of carbonyl (C=O) groups excluding carboxylic acids is 2. The van der Waals surface area contributed by atoms with Gasteiger partial charge in [-0.15, -0.1) is 11.3 Å². The number of hydrogen-bond acceptors (Lipinski definition) is 6. The summed E-state index contributed by atoms with van der Waals surface area (Å²) in [5.74, 6) is -0.703. The maximum Gasteiger partial charge on any atom is 0.262 e. The molecular formula is C25H29Cl2N3O5S2. The minimum Gasteiger partial charge on any atom is -0.390 e. The van der Waals surface area contributed by atoms with E-state index in [-0.39, 0.29) is 34.8 Å². The summed E-state index contributed by atoms with van der Waals surface area (Å²) in [6.07, 6.45) is -0.810. The average Bonchev–Trinajstić information content (AvgIpc) is 3.26. The Balaban J connectivity index is 1.60. The molecule has 0 aliphatic heterocycles. The predicted molar refractivity (Wildman–Crippen MR) is 148 cm³/mol. The molecule has 3 N–H and O–H groups in total. The van der Waals surface area contributed by atoms with Gasteiger partial charge < -0.3 is 15.7 Å². The lowest BCUT2D eigenvalue weighted by Gasteiger charge is -2.23. The fourth-order valence-corrected chi connectivity index (χ4v) is 6.60. The highest BCUT2D eigenvalue weighted by molar-refractivity contribution is 7.89. The van der Waals surface area contributed by atoms with Crippen LogP contribution in [0.25, 0.3) is 10.1 Å². The Morgan fingerprint density at radius 2 is 1.81 bits per heavy atom. The third kappa shape index (κ3) is 7.66. The van der Waals surface area contributed by atoms with Crippen LogP contribution < -0.4 is 10.6 Å². The summed E-state index contributed by atoms with van der Waals surface area (Å²) >= 11 is 13.2. The predicted octanol–water partition coefficient (Wildman–Crippen LogP) is 4.15. The number of nitrogens with zero attached hydrogens (tertiary/aromatic N) is 1. The van der Waals surface area contributed by atoms with Crippen LogP contribution >= 0.6 is 34.5 Å². The van der Waals surface area contributed by atoms with Gasteiger partial charge in [0.1, 0.15) is 10.9 Å². The van der Waals surface area contributed by atoms with E-state index >= 15 is 0 Å². The van der Waals surface area contributed by atoms with Gasteiger partial charge in [-0.25, -0.2) is 8.42 Å². The Morgan fingerprint density at radius 1 is 1.11 bits per heavy atom. The SMILES string of the molecule is CC(C)C[C@H](NC(=O)c1cc2ccccc2s1)C(=O)NC[C@@H](O)CN(C)S(=O)(=O)c1ccc(Cl)cc1Cl. The van der Waals surface area contributed by atoms with Crippen molar-refractivity contribution < 1.29 is 23.1 Å². The smallest absolute Gasteiger partial charge is 0.262 e. The monoisotopic (exact) mass is 585 g/mol. The van der Waals surface area contributed by atoms with Crippen LogP contribution in [0.4, 0.5) is 0 Å². The Hall–Kier alpha value is -2.21. The highest BCUT2D eigenvalue weighted by Gasteiger charge is 2.27. The van der Waals surface area contributed by atoms with E-state index in [1.54, 1.807) is 6.07 Å². The highest BCUT2D eigenvalue weighted by Crippen LogP contribution is 2.27. The van der Waals surface area contributed by atoms with E-state index in [9.17, 15) is 23.1 Å². The molecule has 12 heteroatoms. The molecule has 0 fully saturated rings. The number of hydrogen-bond donors (Lipinski definition) is 3. The first-order valence-corrected chi connectivity index (χ1v) is 14.6. The number of carbonyl (C=O) groups is 2. The van der Waals surface area contributed by atoms with Gasteiger partial charge in [0.25, 0.3) is 5.91 Å². The summed E-state index contributed by atoms with van der Waals surface area (Å²) < 4.78 is 27.6. The van der Waals surface area contributed by atoms with Crippen molar-refractivity contribution in [3.63, 3.8) is 0 Å². The molecule has 0 aliphatic carbocycles. The minimum atomic E-state index is -4.00. The number of likely N-dealkylation sites (N-methyl/N-ethyl adjacent to an activating group) is 1. The average molecular weight is 587 g/mol. The molecule has 0 radical (unpaired) electrons. The second-order valence-electron chi connectivity index (χ2n) is 9.06. The van der Waals surface area contributed by atoms with Crippen molar-refractivity contribution in [3.8, 4) is 0 Å². The number of aliphatic hydroxyl groups excluding tert-OH is 1. The third-order valence-corrected chi connectivity index (χ3v) is 9.20. The fourth-order valence-electron chi connectivity index (χ4n) is 3.68. The minimum absolute atomic E-state index is 0.0342. The first kappa shape index (κ1) is 29.3. The van der Waals surface area contributed by atoms with Crippen molar-refractivity contribution >= 4 is 66.5 Å². The number of halogens is 2. The lowest BCUT2D eigenvalue weighted by molar-refractivity contribution is -0.123. The van der Waals surface area contributed by atoms with Crippen LogP contribution in [0.2, 0.25) is 10.0 Å². The van der Waals surface area contributed by atoms with Gasteiger partial charge in [0.05, 0.1) is 16.0 Å². The number of sulfonamides is 1. The van der Waals surface area contributed by atoms with Crippen molar-refractivity contribution in [2.45, 2.75) is 37.3 Å². The molecule has 0 spiro atoms. The molecule has 37 heavy (non-hydrogen) atoms. The molecule has 8 nitrogen and oxygen atoms in total. The van der Waals surface area contributed by atoms with E-state index in [1.165, 1.54) is 36.6 Å². The second kappa shape index (κ2) is 12.6. The van der Waals surface area contributed by atoms with Gasteiger partial charge in [0.2, 0.25) is 15.9 Å². The van der Waals surface area contributed by atoms with Crippen LogP contribution in [0.15, 0.2) is 53.4 Å². The Labute approximate surface area is 230 Å². The molecule has 1 aromatic heterocycles. The zero-order chi connectivity index (χ0) is 27.3. The molecule has 0 unspecified atom stereocenters. The molecule has 0 aliphatic rings. The van der Waals surface area contributed by atoms with Gasteiger partial charge in [0.15, 0.2) is 0 Å². The van der Waals surface area contributed by atoms with Gasteiger partial charge >= 0.3 is 0 Å². The van der Waals surface area contributed by atoms with Crippen molar-refractivity contribution in [1.29, 1.82) is 0 Å².